The normalized spacial score (nSPS) is 16.7. The molecule has 1 amide bonds. The van der Waals surface area contributed by atoms with Crippen LogP contribution in [-0.2, 0) is 10.0 Å². The molecule has 2 aromatic carbocycles. The Morgan fingerprint density at radius 1 is 1.12 bits per heavy atom. The van der Waals surface area contributed by atoms with E-state index in [1.807, 2.05) is 19.9 Å². The summed E-state index contributed by atoms with van der Waals surface area (Å²) in [5.41, 5.74) is 1.87. The number of halogens is 1. The van der Waals surface area contributed by atoms with Crippen molar-refractivity contribution in [2.75, 3.05) is 0 Å². The molecule has 0 unspecified atom stereocenters. The van der Waals surface area contributed by atoms with Crippen LogP contribution < -0.4 is 9.46 Å². The van der Waals surface area contributed by atoms with Crippen molar-refractivity contribution in [3.8, 4) is 5.75 Å². The Balaban J connectivity index is 1.45. The van der Waals surface area contributed by atoms with Crippen LogP contribution in [0.25, 0.3) is 11.0 Å². The smallest absolute Gasteiger partial charge is 0.300 e. The summed E-state index contributed by atoms with van der Waals surface area (Å²) in [5, 5.41) is 0.151. The molecule has 2 fully saturated rings. The van der Waals surface area contributed by atoms with E-state index in [0.29, 0.717) is 5.92 Å². The summed E-state index contributed by atoms with van der Waals surface area (Å²) in [6.45, 7) is 3.91. The Bertz CT molecular complexity index is 1340. The Morgan fingerprint density at radius 2 is 1.88 bits per heavy atom. The van der Waals surface area contributed by atoms with Crippen molar-refractivity contribution in [2.24, 2.45) is 0 Å². The monoisotopic (exact) mass is 471 g/mol. The van der Waals surface area contributed by atoms with Crippen molar-refractivity contribution in [1.29, 1.82) is 0 Å². The van der Waals surface area contributed by atoms with Gasteiger partial charge in [-0.2, -0.15) is 0 Å². The van der Waals surface area contributed by atoms with E-state index in [-0.39, 0.29) is 39.4 Å². The minimum atomic E-state index is -4.26. The van der Waals surface area contributed by atoms with Gasteiger partial charge in [0.25, 0.3) is 10.0 Å². The fraction of sp³-hybridized carbons (Fsp3) is 0.400. The van der Waals surface area contributed by atoms with Gasteiger partial charge in [-0.05, 0) is 79.3 Å². The molecular weight excluding hydrogens is 445 g/mol. The van der Waals surface area contributed by atoms with Gasteiger partial charge in [0.1, 0.15) is 22.0 Å². The van der Waals surface area contributed by atoms with Crippen LogP contribution in [0.5, 0.6) is 5.75 Å². The summed E-state index contributed by atoms with van der Waals surface area (Å²) in [5.74, 6) is -1.08. The third-order valence-electron chi connectivity index (χ3n) is 6.38. The van der Waals surface area contributed by atoms with E-state index in [9.17, 15) is 17.6 Å². The number of benzene rings is 2. The molecule has 0 saturated heterocycles. The number of carbonyl (C=O) groups excluding carboxylic acids is 1. The summed E-state index contributed by atoms with van der Waals surface area (Å²) < 4.78 is 54.4. The summed E-state index contributed by atoms with van der Waals surface area (Å²) in [4.78, 5) is 12.7. The van der Waals surface area contributed by atoms with Gasteiger partial charge < -0.3 is 9.15 Å². The lowest BCUT2D eigenvalue weighted by atomic mass is 9.96. The van der Waals surface area contributed by atoms with Crippen LogP contribution in [0.3, 0.4) is 0 Å². The molecule has 0 atom stereocenters. The Labute approximate surface area is 192 Å². The van der Waals surface area contributed by atoms with Gasteiger partial charge in [0, 0.05) is 6.07 Å². The molecule has 6 nitrogen and oxygen atoms in total. The first kappa shape index (κ1) is 21.9. The summed E-state index contributed by atoms with van der Waals surface area (Å²) in [6.07, 6.45) is 4.74. The average Bonchev–Trinajstić information content (AvgIpc) is 3.49. The van der Waals surface area contributed by atoms with E-state index >= 15 is 0 Å². The van der Waals surface area contributed by atoms with Gasteiger partial charge in [-0.3, -0.25) is 4.79 Å². The van der Waals surface area contributed by atoms with Gasteiger partial charge in [0.15, 0.2) is 5.76 Å². The second kappa shape index (κ2) is 8.17. The van der Waals surface area contributed by atoms with Gasteiger partial charge in [0.05, 0.1) is 11.5 Å². The number of fused-ring (bicyclic) bond motifs is 1. The molecule has 2 aliphatic rings. The van der Waals surface area contributed by atoms with Crippen molar-refractivity contribution < 1.29 is 26.8 Å². The lowest BCUT2D eigenvalue weighted by Gasteiger charge is -2.27. The highest BCUT2D eigenvalue weighted by molar-refractivity contribution is 7.90. The molecule has 3 aromatic rings. The molecule has 1 heterocycles. The number of carbonyl (C=O) groups is 1. The number of sulfonamides is 1. The van der Waals surface area contributed by atoms with Crippen LogP contribution in [0, 0.1) is 5.82 Å². The zero-order valence-electron chi connectivity index (χ0n) is 18.6. The Kier molecular flexibility index (Phi) is 5.43. The predicted octanol–water partition coefficient (Wildman–Crippen LogP) is 5.62. The molecular formula is C25H26FNO5S. The third kappa shape index (κ3) is 4.36. The van der Waals surface area contributed by atoms with Crippen molar-refractivity contribution in [3.05, 3.63) is 59.1 Å². The van der Waals surface area contributed by atoms with Gasteiger partial charge in [0.2, 0.25) is 0 Å². The molecule has 8 heteroatoms. The van der Waals surface area contributed by atoms with Crippen molar-refractivity contribution >= 4 is 26.9 Å². The third-order valence-corrected chi connectivity index (χ3v) is 7.73. The number of nitrogens with one attached hydrogen (secondary N) is 1. The molecule has 1 N–H and O–H groups in total. The summed E-state index contributed by atoms with van der Waals surface area (Å²) >= 11 is 0. The minimum Gasteiger partial charge on any atom is -0.489 e. The van der Waals surface area contributed by atoms with Crippen molar-refractivity contribution in [3.63, 3.8) is 0 Å². The van der Waals surface area contributed by atoms with Gasteiger partial charge in [-0.1, -0.05) is 19.9 Å². The zero-order valence-corrected chi connectivity index (χ0v) is 19.4. The first-order valence-corrected chi connectivity index (χ1v) is 12.8. The second-order valence-corrected chi connectivity index (χ2v) is 10.9. The maximum atomic E-state index is 14.5. The highest BCUT2D eigenvalue weighted by atomic mass is 32.2. The molecule has 2 aliphatic carbocycles. The van der Waals surface area contributed by atoms with E-state index < -0.39 is 21.7 Å². The fourth-order valence-electron chi connectivity index (χ4n) is 3.97. The zero-order chi connectivity index (χ0) is 23.3. The summed E-state index contributed by atoms with van der Waals surface area (Å²) in [7, 11) is -4.26. The number of ether oxygens (including phenoxy) is 1. The van der Waals surface area contributed by atoms with Crippen LogP contribution in [0.4, 0.5) is 4.39 Å². The van der Waals surface area contributed by atoms with E-state index in [2.05, 4.69) is 4.72 Å². The standard InChI is InChI=1S/C25H26FNO5S/c1-14(2)16-8-9-21(31-18-4-3-5-18)24(12-16)33(29,30)27-25(28)23-13-19-20(26)10-17(15-6-7-15)11-22(19)32-23/h8-15,18H,3-7H2,1-2H3,(H,27,28). The van der Waals surface area contributed by atoms with Crippen LogP contribution in [0.2, 0.25) is 0 Å². The average molecular weight is 472 g/mol. The molecule has 0 radical (unpaired) electrons. The molecule has 174 valence electrons. The second-order valence-electron chi connectivity index (χ2n) is 9.27. The van der Waals surface area contributed by atoms with Crippen LogP contribution in [0.1, 0.15) is 79.5 Å². The number of hydrogen-bond donors (Lipinski definition) is 1. The fourth-order valence-corrected chi connectivity index (χ4v) is 5.09. The first-order valence-electron chi connectivity index (χ1n) is 11.3. The van der Waals surface area contributed by atoms with E-state index in [1.54, 1.807) is 12.1 Å². The molecule has 0 aliphatic heterocycles. The first-order chi connectivity index (χ1) is 15.7. The highest BCUT2D eigenvalue weighted by Crippen LogP contribution is 2.42. The maximum absolute atomic E-state index is 14.5. The van der Waals surface area contributed by atoms with E-state index in [4.69, 9.17) is 9.15 Å². The number of amides is 1. The van der Waals surface area contributed by atoms with Crippen LogP contribution in [-0.4, -0.2) is 20.4 Å². The largest absolute Gasteiger partial charge is 0.489 e. The van der Waals surface area contributed by atoms with Gasteiger partial charge in [-0.25, -0.2) is 17.5 Å². The van der Waals surface area contributed by atoms with Crippen molar-refractivity contribution in [1.82, 2.24) is 4.72 Å². The molecule has 0 spiro atoms. The maximum Gasteiger partial charge on any atom is 0.300 e. The number of rotatable bonds is 7. The topological polar surface area (TPSA) is 85.6 Å². The molecule has 0 bridgehead atoms. The van der Waals surface area contributed by atoms with Crippen molar-refractivity contribution in [2.45, 2.75) is 68.8 Å². The molecule has 2 saturated carbocycles. The molecule has 5 rings (SSSR count). The van der Waals surface area contributed by atoms with Crippen LogP contribution >= 0.6 is 0 Å². The van der Waals surface area contributed by atoms with Gasteiger partial charge >= 0.3 is 5.91 Å². The van der Waals surface area contributed by atoms with E-state index in [1.165, 1.54) is 18.2 Å². The lowest BCUT2D eigenvalue weighted by molar-refractivity contribution is 0.0956. The lowest BCUT2D eigenvalue weighted by Crippen LogP contribution is -2.32. The van der Waals surface area contributed by atoms with E-state index in [0.717, 1.165) is 43.2 Å². The molecule has 1 aromatic heterocycles. The predicted molar refractivity (Wildman–Crippen MR) is 122 cm³/mol. The Hall–Kier alpha value is -2.87. The Morgan fingerprint density at radius 3 is 2.52 bits per heavy atom. The SMILES string of the molecule is CC(C)c1ccc(OC2CCC2)c(S(=O)(=O)NC(=O)c2cc3c(F)cc(C4CC4)cc3o2)c1. The number of hydrogen-bond acceptors (Lipinski definition) is 5. The quantitative estimate of drug-likeness (QED) is 0.483. The summed E-state index contributed by atoms with van der Waals surface area (Å²) in [6, 6.07) is 9.42. The highest BCUT2D eigenvalue weighted by Gasteiger charge is 2.29. The number of furan rings is 1. The van der Waals surface area contributed by atoms with Crippen LogP contribution in [0.15, 0.2) is 45.7 Å². The molecule has 33 heavy (non-hydrogen) atoms. The minimum absolute atomic E-state index is 0.0291. The van der Waals surface area contributed by atoms with Gasteiger partial charge in [-0.15, -0.1) is 0 Å².